The number of aliphatic hydroxyl groups is 5. The third-order valence-electron chi connectivity index (χ3n) is 14.8. The zero-order chi connectivity index (χ0) is 38.0. The molecule has 11 nitrogen and oxygen atoms in total. The molecule has 0 aromatic heterocycles. The van der Waals surface area contributed by atoms with Gasteiger partial charge in [0.2, 0.25) is 0 Å². The smallest absolute Gasteiger partial charge is 0.302 e. The Hall–Kier alpha value is -1.86. The molecular formula is C40H64O11. The average Bonchev–Trinajstić information content (AvgIpc) is 3.40. The summed E-state index contributed by atoms with van der Waals surface area (Å²) in [5, 5.41) is 54.4. The van der Waals surface area contributed by atoms with E-state index in [1.165, 1.54) is 19.4 Å². The van der Waals surface area contributed by atoms with Crippen molar-refractivity contribution >= 4 is 11.9 Å². The Morgan fingerprint density at radius 3 is 2.22 bits per heavy atom. The predicted molar refractivity (Wildman–Crippen MR) is 189 cm³/mol. The lowest BCUT2D eigenvalue weighted by Crippen LogP contribution is -2.69. The van der Waals surface area contributed by atoms with Crippen LogP contribution in [0.5, 0.6) is 0 Å². The molecule has 0 radical (unpaired) electrons. The van der Waals surface area contributed by atoms with Crippen molar-refractivity contribution in [3.05, 3.63) is 23.8 Å². The lowest BCUT2D eigenvalue weighted by molar-refractivity contribution is -0.343. The normalized spacial score (nSPS) is 44.9. The maximum Gasteiger partial charge on any atom is 0.302 e. The fourth-order valence-corrected chi connectivity index (χ4v) is 11.8. The van der Waals surface area contributed by atoms with E-state index in [9.17, 15) is 35.1 Å². The monoisotopic (exact) mass is 720 g/mol. The molecule has 1 aliphatic heterocycles. The molecule has 1 saturated heterocycles. The van der Waals surface area contributed by atoms with Gasteiger partial charge >= 0.3 is 11.9 Å². The van der Waals surface area contributed by atoms with Crippen LogP contribution in [-0.2, 0) is 28.5 Å². The van der Waals surface area contributed by atoms with Gasteiger partial charge in [-0.1, -0.05) is 59.8 Å². The number of carbonyl (C=O) groups is 2. The van der Waals surface area contributed by atoms with Crippen molar-refractivity contribution in [2.45, 2.75) is 162 Å². The van der Waals surface area contributed by atoms with Crippen LogP contribution in [0.4, 0.5) is 0 Å². The highest BCUT2D eigenvalue weighted by Crippen LogP contribution is 2.75. The van der Waals surface area contributed by atoms with E-state index < -0.39 is 65.8 Å². The van der Waals surface area contributed by atoms with E-state index >= 15 is 0 Å². The standard InChI is InChI=1S/C40H64O11/c1-20(2)32(44)26(43)17-21(3)24-13-16-39(9)25(24)11-12-28-38(8)15-14-30(49-23(5)42)37(6,7)29(38)18-31(40(28,39)10)51-36-35(47)34(46)33(45)27(50-36)19-48-22(4)41/h11,21,24,26-36,43-47H,1,12-19H2,2-10H3/t21-,24-,26+,27+,28+,29-,30+,31+,32+,33+,34-,35+,36-,38+,39+,40-/m0/s1. The highest BCUT2D eigenvalue weighted by molar-refractivity contribution is 5.66. The molecule has 0 unspecified atom stereocenters. The lowest BCUT2D eigenvalue weighted by Gasteiger charge is -2.70. The molecular weight excluding hydrogens is 656 g/mol. The molecule has 0 aromatic carbocycles. The first-order chi connectivity index (χ1) is 23.6. The van der Waals surface area contributed by atoms with Crippen molar-refractivity contribution in [1.29, 1.82) is 0 Å². The largest absolute Gasteiger partial charge is 0.463 e. The zero-order valence-electron chi connectivity index (χ0n) is 32.1. The second-order valence-electron chi connectivity index (χ2n) is 18.0. The third kappa shape index (κ3) is 6.76. The first kappa shape index (κ1) is 40.3. The number of carbonyl (C=O) groups excluding carboxylic acids is 2. The van der Waals surface area contributed by atoms with Gasteiger partial charge in [-0.15, -0.1) is 0 Å². The number of rotatable bonds is 10. The first-order valence-corrected chi connectivity index (χ1v) is 19.0. The Morgan fingerprint density at radius 1 is 0.941 bits per heavy atom. The summed E-state index contributed by atoms with van der Waals surface area (Å²) in [5.74, 6) is -0.392. The van der Waals surface area contributed by atoms with Crippen LogP contribution in [0.1, 0.15) is 107 Å². The van der Waals surface area contributed by atoms with Gasteiger partial charge in [-0.3, -0.25) is 9.59 Å². The van der Waals surface area contributed by atoms with Crippen LogP contribution in [0.25, 0.3) is 0 Å². The molecule has 4 fully saturated rings. The van der Waals surface area contributed by atoms with Crippen LogP contribution in [-0.4, -0.2) is 99.2 Å². The predicted octanol–water partition coefficient (Wildman–Crippen LogP) is 4.21. The Balaban J connectivity index is 1.55. The molecule has 11 heteroatoms. The summed E-state index contributed by atoms with van der Waals surface area (Å²) in [7, 11) is 0. The highest BCUT2D eigenvalue weighted by atomic mass is 16.7. The minimum Gasteiger partial charge on any atom is -0.463 e. The Bertz CT molecular complexity index is 1360. The first-order valence-electron chi connectivity index (χ1n) is 19.0. The topological polar surface area (TPSA) is 172 Å². The molecule has 51 heavy (non-hydrogen) atoms. The molecule has 4 aliphatic carbocycles. The molecule has 3 saturated carbocycles. The summed E-state index contributed by atoms with van der Waals surface area (Å²) < 4.78 is 24.2. The molecule has 0 spiro atoms. The van der Waals surface area contributed by atoms with E-state index in [1.807, 2.05) is 0 Å². The van der Waals surface area contributed by atoms with E-state index in [4.69, 9.17) is 18.9 Å². The maximum absolute atomic E-state index is 12.2. The number of fused-ring (bicyclic) bond motifs is 5. The minimum absolute atomic E-state index is 0.0627. The van der Waals surface area contributed by atoms with Crippen molar-refractivity contribution in [3.8, 4) is 0 Å². The number of hydrogen-bond acceptors (Lipinski definition) is 11. The molecule has 0 aromatic rings. The van der Waals surface area contributed by atoms with Crippen LogP contribution in [0.3, 0.4) is 0 Å². The zero-order valence-corrected chi connectivity index (χ0v) is 32.1. The Kier molecular flexibility index (Phi) is 11.4. The van der Waals surface area contributed by atoms with Crippen LogP contribution in [0, 0.1) is 45.3 Å². The fourth-order valence-electron chi connectivity index (χ4n) is 11.8. The number of ether oxygens (including phenoxy) is 4. The molecule has 16 atom stereocenters. The summed E-state index contributed by atoms with van der Waals surface area (Å²) in [5.41, 5.74) is 0.505. The van der Waals surface area contributed by atoms with Gasteiger partial charge < -0.3 is 44.5 Å². The van der Waals surface area contributed by atoms with Crippen molar-refractivity contribution < 1.29 is 54.1 Å². The molecule has 5 N–H and O–H groups in total. The van der Waals surface area contributed by atoms with Gasteiger partial charge in [-0.2, -0.15) is 0 Å². The van der Waals surface area contributed by atoms with Gasteiger partial charge in [-0.05, 0) is 91.9 Å². The summed E-state index contributed by atoms with van der Waals surface area (Å²) in [6, 6.07) is 0. The third-order valence-corrected chi connectivity index (χ3v) is 14.8. The highest BCUT2D eigenvalue weighted by Gasteiger charge is 2.71. The molecule has 1 heterocycles. The van der Waals surface area contributed by atoms with E-state index in [0.717, 1.165) is 32.1 Å². The number of allylic oxidation sites excluding steroid dienone is 2. The van der Waals surface area contributed by atoms with Gasteiger partial charge in [0, 0.05) is 24.7 Å². The van der Waals surface area contributed by atoms with Crippen molar-refractivity contribution in [1.82, 2.24) is 0 Å². The van der Waals surface area contributed by atoms with Gasteiger partial charge in [0.05, 0.1) is 12.2 Å². The summed E-state index contributed by atoms with van der Waals surface area (Å²) in [6.45, 7) is 21.5. The lowest BCUT2D eigenvalue weighted by atomic mass is 9.36. The van der Waals surface area contributed by atoms with E-state index in [0.29, 0.717) is 18.4 Å². The molecule has 290 valence electrons. The molecule has 0 amide bonds. The molecule has 0 bridgehead atoms. The molecule has 5 aliphatic rings. The van der Waals surface area contributed by atoms with Crippen LogP contribution in [0.2, 0.25) is 0 Å². The van der Waals surface area contributed by atoms with Crippen LogP contribution < -0.4 is 0 Å². The van der Waals surface area contributed by atoms with E-state index in [2.05, 4.69) is 54.2 Å². The van der Waals surface area contributed by atoms with Gasteiger partial charge in [0.15, 0.2) is 6.29 Å². The molecule has 5 rings (SSSR count). The van der Waals surface area contributed by atoms with Gasteiger partial charge in [0.1, 0.15) is 43.2 Å². The summed E-state index contributed by atoms with van der Waals surface area (Å²) in [6.07, 6.45) is -2.04. The second-order valence-corrected chi connectivity index (χ2v) is 18.0. The van der Waals surface area contributed by atoms with Crippen LogP contribution in [0.15, 0.2) is 23.8 Å². The fraction of sp³-hybridized carbons (Fsp3) is 0.850. The van der Waals surface area contributed by atoms with Gasteiger partial charge in [-0.25, -0.2) is 0 Å². The Labute approximate surface area is 303 Å². The van der Waals surface area contributed by atoms with E-state index in [-0.39, 0.29) is 53.2 Å². The van der Waals surface area contributed by atoms with Crippen LogP contribution >= 0.6 is 0 Å². The maximum atomic E-state index is 12.2. The average molecular weight is 721 g/mol. The van der Waals surface area contributed by atoms with E-state index in [1.54, 1.807) is 6.92 Å². The Morgan fingerprint density at radius 2 is 1.61 bits per heavy atom. The number of esters is 2. The van der Waals surface area contributed by atoms with Crippen molar-refractivity contribution in [2.75, 3.05) is 6.61 Å². The number of aliphatic hydroxyl groups excluding tert-OH is 5. The summed E-state index contributed by atoms with van der Waals surface area (Å²) >= 11 is 0. The van der Waals surface area contributed by atoms with Gasteiger partial charge in [0.25, 0.3) is 0 Å². The van der Waals surface area contributed by atoms with Crippen molar-refractivity contribution in [2.24, 2.45) is 45.3 Å². The minimum atomic E-state index is -1.59. The quantitative estimate of drug-likeness (QED) is 0.124. The second kappa shape index (κ2) is 14.4. The summed E-state index contributed by atoms with van der Waals surface area (Å²) in [4.78, 5) is 23.9. The SMILES string of the molecule is C=C(C)[C@@H](O)[C@H](O)C[C@H](C)[C@@H]1CC[C@]2(C)C1=CC[C@@H]1[C@@]3(C)CC[C@@H](OC(C)=O)C(C)(C)[C@@H]3C[C@@H](O[C@@H]3O[C@H](COC(C)=O)[C@@H](O)[C@H](O)[C@H]3O)[C@]12C. The van der Waals surface area contributed by atoms with Crippen molar-refractivity contribution in [3.63, 3.8) is 0 Å². The number of hydrogen-bond donors (Lipinski definition) is 5.